The molecule has 294 valence electrons. The second-order valence-corrected chi connectivity index (χ2v) is 16.0. The molecule has 8 nitrogen and oxygen atoms in total. The fraction of sp³-hybridized carbons (Fsp3) is 0.837. The van der Waals surface area contributed by atoms with Crippen LogP contribution in [0.2, 0.25) is 0 Å². The van der Waals surface area contributed by atoms with E-state index in [0.29, 0.717) is 0 Å². The first-order valence-electron chi connectivity index (χ1n) is 20.3. The Morgan fingerprint density at radius 1 is 0.549 bits per heavy atom. The van der Waals surface area contributed by atoms with Crippen molar-refractivity contribution >= 4 is 30.3 Å². The maximum Gasteiger partial charge on any atom is 0.300 e. The first-order chi connectivity index (χ1) is 24.3. The molecule has 9 aliphatic rings. The van der Waals surface area contributed by atoms with Gasteiger partial charge in [-0.05, 0) is 197 Å². The number of carbonyl (C=O) groups excluding carboxylic acids is 3. The fourth-order valence-electron chi connectivity index (χ4n) is 11.4. The minimum Gasteiger partial charge on any atom is -0.481 e. The third-order valence-electron chi connectivity index (χ3n) is 12.4. The lowest BCUT2D eigenvalue weighted by atomic mass is 9.82. The van der Waals surface area contributed by atoms with E-state index in [1.54, 1.807) is 90.4 Å². The van der Waals surface area contributed by atoms with Crippen LogP contribution in [-0.2, 0) is 24.0 Å². The first-order valence-corrected chi connectivity index (χ1v) is 20.3. The molecule has 0 aliphatic heterocycles. The molecule has 10 atom stereocenters. The summed E-state index contributed by atoms with van der Waals surface area (Å²) in [5.74, 6) is 10.2. The summed E-state index contributed by atoms with van der Waals surface area (Å²) >= 11 is 0. The number of aldehydes is 2. The summed E-state index contributed by atoms with van der Waals surface area (Å²) in [5, 5.41) is 22.4. The maximum atomic E-state index is 9.44. The van der Waals surface area contributed by atoms with E-state index in [-0.39, 0.29) is 12.4 Å². The number of Topliss-reactive ketones (excluding diaryl/α,β-unsaturated/α-hetero) is 1. The Balaban J connectivity index is 0.000000305. The number of carboxylic acid groups (broad SMARTS) is 2. The van der Waals surface area contributed by atoms with Crippen molar-refractivity contribution in [3.8, 4) is 0 Å². The van der Waals surface area contributed by atoms with E-state index in [9.17, 15) is 4.79 Å². The highest BCUT2D eigenvalue weighted by molar-refractivity contribution is 5.72. The Bertz CT molecular complexity index is 947. The first kappa shape index (κ1) is 46.7. The lowest BCUT2D eigenvalue weighted by Crippen LogP contribution is -2.15. The smallest absolute Gasteiger partial charge is 0.300 e. The molecule has 8 heteroatoms. The van der Waals surface area contributed by atoms with E-state index in [1.165, 1.54) is 107 Å². The number of aliphatic hydroxyl groups is 1. The molecule has 9 aliphatic carbocycles. The summed E-state index contributed by atoms with van der Waals surface area (Å²) in [6.07, 6.45) is 29.6. The second-order valence-electron chi connectivity index (χ2n) is 16.0. The average Bonchev–Trinajstić information content (AvgIpc) is 3.91. The summed E-state index contributed by atoms with van der Waals surface area (Å²) in [6, 6.07) is 0. The van der Waals surface area contributed by atoms with Gasteiger partial charge < -0.3 is 29.7 Å². The maximum absolute atomic E-state index is 9.44. The van der Waals surface area contributed by atoms with E-state index in [0.717, 1.165) is 38.3 Å². The number of carbonyl (C=O) groups is 5. The third-order valence-corrected chi connectivity index (χ3v) is 12.4. The molecule has 0 aromatic carbocycles. The van der Waals surface area contributed by atoms with Crippen LogP contribution in [0, 0.1) is 59.2 Å². The average molecular weight is 719 g/mol. The molecule has 7 saturated carbocycles. The number of ketones is 1. The quantitative estimate of drug-likeness (QED) is 0.166. The van der Waals surface area contributed by atoms with E-state index < -0.39 is 11.9 Å². The van der Waals surface area contributed by atoms with Crippen molar-refractivity contribution in [3.63, 3.8) is 0 Å². The number of hydrogen-bond donors (Lipinski definition) is 3. The summed E-state index contributed by atoms with van der Waals surface area (Å²) in [7, 11) is 0. The monoisotopic (exact) mass is 719 g/mol. The molecule has 0 amide bonds. The van der Waals surface area contributed by atoms with Gasteiger partial charge >= 0.3 is 0 Å². The Morgan fingerprint density at radius 2 is 0.784 bits per heavy atom. The van der Waals surface area contributed by atoms with Crippen LogP contribution in [0.3, 0.4) is 0 Å². The van der Waals surface area contributed by atoms with Crippen molar-refractivity contribution in [2.75, 3.05) is 6.61 Å². The topological polar surface area (TPSA) is 146 Å². The molecule has 10 unspecified atom stereocenters. The van der Waals surface area contributed by atoms with Gasteiger partial charge in [0.15, 0.2) is 0 Å². The van der Waals surface area contributed by atoms with Gasteiger partial charge in [0.05, 0.1) is 0 Å². The summed E-state index contributed by atoms with van der Waals surface area (Å²) in [5.41, 5.74) is 3.83. The molecule has 0 heterocycles. The molecule has 3 N–H and O–H groups in total. The SMILES string of the molecule is C1CC2=C(C1)C1CCC2C1.C1CC2C3CCC(C3)C2C1.C1CC2C3CCC(C3)C2C1.CC(=O)O.CC(=O)O.CC(C)=O.CC=O.CC=O.CCO. The molecule has 6 bridgehead atoms. The molecule has 51 heavy (non-hydrogen) atoms. The molecule has 0 radical (unpaired) electrons. The van der Waals surface area contributed by atoms with Crippen LogP contribution in [0.15, 0.2) is 11.1 Å². The van der Waals surface area contributed by atoms with Crippen LogP contribution < -0.4 is 0 Å². The van der Waals surface area contributed by atoms with Gasteiger partial charge in [0.25, 0.3) is 11.9 Å². The number of allylic oxidation sites excluding steroid dienone is 2. The van der Waals surface area contributed by atoms with E-state index >= 15 is 0 Å². The number of rotatable bonds is 0. The van der Waals surface area contributed by atoms with Gasteiger partial charge in [-0.3, -0.25) is 9.59 Å². The van der Waals surface area contributed by atoms with E-state index in [4.69, 9.17) is 34.5 Å². The molecule has 0 aromatic rings. The van der Waals surface area contributed by atoms with Crippen molar-refractivity contribution < 1.29 is 39.3 Å². The minimum absolute atomic E-state index is 0.167. The highest BCUT2D eigenvalue weighted by Crippen LogP contribution is 2.59. The molecule has 0 spiro atoms. The van der Waals surface area contributed by atoms with Crippen LogP contribution in [0.25, 0.3) is 0 Å². The van der Waals surface area contributed by atoms with Gasteiger partial charge in [-0.2, -0.15) is 0 Å². The highest BCUT2D eigenvalue weighted by atomic mass is 16.4. The summed E-state index contributed by atoms with van der Waals surface area (Å²) < 4.78 is 0. The molecular formula is C43H74O8. The lowest BCUT2D eigenvalue weighted by Gasteiger charge is -2.23. The number of fused-ring (bicyclic) bond motifs is 14. The highest BCUT2D eigenvalue weighted by Gasteiger charge is 2.49. The predicted octanol–water partition coefficient (Wildman–Crippen LogP) is 9.75. The molecule has 0 aromatic heterocycles. The Morgan fingerprint density at radius 3 is 1.02 bits per heavy atom. The summed E-state index contributed by atoms with van der Waals surface area (Å²) in [6.45, 7) is 10.0. The lowest BCUT2D eigenvalue weighted by molar-refractivity contribution is -0.135. The predicted molar refractivity (Wildman–Crippen MR) is 204 cm³/mol. The van der Waals surface area contributed by atoms with Gasteiger partial charge in [0.2, 0.25) is 0 Å². The van der Waals surface area contributed by atoms with E-state index in [2.05, 4.69) is 0 Å². The second kappa shape index (κ2) is 25.6. The fourth-order valence-corrected chi connectivity index (χ4v) is 11.4. The Hall–Kier alpha value is -2.35. The number of hydrogen-bond acceptors (Lipinski definition) is 6. The number of aliphatic hydroxyl groups excluding tert-OH is 1. The van der Waals surface area contributed by atoms with Crippen molar-refractivity contribution in [1.29, 1.82) is 0 Å². The Kier molecular flexibility index (Phi) is 23.4. The third kappa shape index (κ3) is 16.1. The van der Waals surface area contributed by atoms with Crippen molar-refractivity contribution in [1.82, 2.24) is 0 Å². The van der Waals surface area contributed by atoms with Crippen LogP contribution in [0.1, 0.15) is 164 Å². The van der Waals surface area contributed by atoms with Gasteiger partial charge in [0.1, 0.15) is 18.4 Å². The van der Waals surface area contributed by atoms with Gasteiger partial charge in [-0.15, -0.1) is 0 Å². The number of aliphatic carboxylic acids is 2. The van der Waals surface area contributed by atoms with Gasteiger partial charge in [-0.25, -0.2) is 0 Å². The van der Waals surface area contributed by atoms with Crippen LogP contribution in [-0.4, -0.2) is 52.2 Å². The minimum atomic E-state index is -0.833. The molecule has 0 saturated heterocycles. The molecule has 9 rings (SSSR count). The largest absolute Gasteiger partial charge is 0.481 e. The molecule has 7 fully saturated rings. The normalized spacial score (nSPS) is 33.4. The van der Waals surface area contributed by atoms with Gasteiger partial charge in [0, 0.05) is 20.5 Å². The Labute approximate surface area is 310 Å². The van der Waals surface area contributed by atoms with Crippen molar-refractivity contribution in [2.45, 2.75) is 164 Å². The van der Waals surface area contributed by atoms with Crippen LogP contribution >= 0.6 is 0 Å². The van der Waals surface area contributed by atoms with Crippen LogP contribution in [0.5, 0.6) is 0 Å². The number of carboxylic acids is 2. The standard InChI is InChI=1S/2C10H16.C10H14.C3H6O.2C2H4O2.C2H6O.2C2H4O/c3*1-2-9-7-4-5-8(6-7)10(9)3-1;1-3(2)4;2*1-2(3)4;3*1-2-3/h2*7-10H,1-6H2;7-8H,1-6H2;1-2H3;2*1H3,(H,3,4);3H,2H2,1H3;2*2H,1H3. The zero-order valence-electron chi connectivity index (χ0n) is 33.2. The summed E-state index contributed by atoms with van der Waals surface area (Å²) in [4.78, 5) is 45.1. The van der Waals surface area contributed by atoms with Crippen LogP contribution in [0.4, 0.5) is 0 Å². The zero-order valence-corrected chi connectivity index (χ0v) is 33.2. The van der Waals surface area contributed by atoms with Gasteiger partial charge in [-0.1, -0.05) is 24.0 Å². The van der Waals surface area contributed by atoms with Crippen molar-refractivity contribution in [2.24, 2.45) is 59.2 Å². The zero-order chi connectivity index (χ0) is 38.5. The molecular weight excluding hydrogens is 644 g/mol. The van der Waals surface area contributed by atoms with Crippen molar-refractivity contribution in [3.05, 3.63) is 11.1 Å². The van der Waals surface area contributed by atoms with E-state index in [1.807, 2.05) is 11.1 Å².